The molecule has 1 aromatic heterocycles. The number of methoxy groups -OCH3 is 2. The maximum absolute atomic E-state index is 13.0. The van der Waals surface area contributed by atoms with Crippen LogP contribution >= 0.6 is 23.2 Å². The van der Waals surface area contributed by atoms with E-state index in [1.54, 1.807) is 0 Å². The third-order valence-corrected chi connectivity index (χ3v) is 6.97. The summed E-state index contributed by atoms with van der Waals surface area (Å²) in [6, 6.07) is 8.47. The lowest BCUT2D eigenvalue weighted by atomic mass is 10.0. The second-order valence-electron chi connectivity index (χ2n) is 9.48. The van der Waals surface area contributed by atoms with E-state index in [2.05, 4.69) is 4.74 Å². The van der Waals surface area contributed by atoms with E-state index in [4.69, 9.17) is 46.9 Å². The Hall–Kier alpha value is -4.03. The molecule has 0 aliphatic heterocycles. The Morgan fingerprint density at radius 3 is 2.26 bits per heavy atom. The Labute approximate surface area is 255 Å². The molecule has 0 bridgehead atoms. The zero-order chi connectivity index (χ0) is 31.1. The maximum Gasteiger partial charge on any atom is 0.387 e. The van der Waals surface area contributed by atoms with Gasteiger partial charge in [-0.1, -0.05) is 29.3 Å². The molecule has 3 aromatic rings. The van der Waals surface area contributed by atoms with Crippen molar-refractivity contribution in [3.8, 4) is 28.7 Å². The van der Waals surface area contributed by atoms with Crippen LogP contribution in [0, 0.1) is 11.1 Å². The van der Waals surface area contributed by atoms with Gasteiger partial charge < -0.3 is 33.6 Å². The van der Waals surface area contributed by atoms with Gasteiger partial charge in [0.05, 0.1) is 20.8 Å². The zero-order valence-corrected chi connectivity index (χ0v) is 24.5. The number of hydrogen-bond acceptors (Lipinski definition) is 9. The van der Waals surface area contributed by atoms with Crippen molar-refractivity contribution < 1.29 is 51.5 Å². The number of ether oxygens (including phenoxy) is 6. The van der Waals surface area contributed by atoms with Crippen molar-refractivity contribution in [3.63, 3.8) is 0 Å². The minimum atomic E-state index is -3.10. The summed E-state index contributed by atoms with van der Waals surface area (Å²) in [5.74, 6) is -0.949. The minimum Gasteiger partial charge on any atom is -0.619 e. The van der Waals surface area contributed by atoms with Crippen LogP contribution in [0.1, 0.15) is 36.5 Å². The molecule has 0 unspecified atom stereocenters. The highest BCUT2D eigenvalue weighted by molar-refractivity contribution is 6.35. The molecule has 1 heterocycles. The first-order valence-corrected chi connectivity index (χ1v) is 13.7. The zero-order valence-electron chi connectivity index (χ0n) is 23.0. The number of esters is 2. The van der Waals surface area contributed by atoms with Gasteiger partial charge in [0.2, 0.25) is 0 Å². The van der Waals surface area contributed by atoms with Crippen LogP contribution in [-0.4, -0.2) is 39.4 Å². The molecule has 43 heavy (non-hydrogen) atoms. The van der Waals surface area contributed by atoms with E-state index >= 15 is 0 Å². The molecule has 1 saturated carbocycles. The fourth-order valence-electron chi connectivity index (χ4n) is 4.03. The highest BCUT2D eigenvalue weighted by Crippen LogP contribution is 2.38. The van der Waals surface area contributed by atoms with Gasteiger partial charge in [0, 0.05) is 18.1 Å². The van der Waals surface area contributed by atoms with Gasteiger partial charge in [-0.05, 0) is 48.6 Å². The molecule has 0 saturated heterocycles. The molecule has 0 amide bonds. The van der Waals surface area contributed by atoms with Crippen LogP contribution in [0.3, 0.4) is 0 Å². The van der Waals surface area contributed by atoms with Crippen LogP contribution in [-0.2, 0) is 20.7 Å². The summed E-state index contributed by atoms with van der Waals surface area (Å²) in [5.41, 5.74) is 0.578. The van der Waals surface area contributed by atoms with Crippen LogP contribution in [0.15, 0.2) is 48.8 Å². The molecule has 0 N–H and O–H groups in total. The van der Waals surface area contributed by atoms with Crippen LogP contribution in [0.25, 0.3) is 0 Å². The van der Waals surface area contributed by atoms with Crippen molar-refractivity contribution in [3.05, 3.63) is 75.2 Å². The van der Waals surface area contributed by atoms with Crippen molar-refractivity contribution in [2.45, 2.75) is 38.4 Å². The third kappa shape index (κ3) is 8.98. The molecule has 14 heteroatoms. The average Bonchev–Trinajstić information content (AvgIpc) is 3.78. The highest BCUT2D eigenvalue weighted by Gasteiger charge is 2.27. The van der Waals surface area contributed by atoms with Gasteiger partial charge in [0.1, 0.15) is 28.3 Å². The predicted molar refractivity (Wildman–Crippen MR) is 149 cm³/mol. The summed E-state index contributed by atoms with van der Waals surface area (Å²) in [5, 5.41) is 11.7. The summed E-state index contributed by atoms with van der Waals surface area (Å²) in [7, 11) is 2.86. The van der Waals surface area contributed by atoms with Gasteiger partial charge >= 0.3 is 18.6 Å². The number of halogens is 4. The SMILES string of the molecule is COc1ccc(OC(=O)CC(=O)O[C@@H](Cc2c(Cl)c[n+]([O-])cc2Cl)c2ccc(OC(F)F)c(OCC3CC3)c2)cc1OC. The number of benzene rings is 2. The molecule has 4 rings (SSSR count). The van der Waals surface area contributed by atoms with Gasteiger partial charge in [0.15, 0.2) is 35.4 Å². The second-order valence-corrected chi connectivity index (χ2v) is 10.3. The number of alkyl halides is 2. The van der Waals surface area contributed by atoms with Crippen LogP contribution < -0.4 is 28.4 Å². The van der Waals surface area contributed by atoms with Gasteiger partial charge in [0.25, 0.3) is 0 Å². The summed E-state index contributed by atoms with van der Waals surface area (Å²) < 4.78 is 58.1. The molecular formula is C29H27Cl2F2NO9. The van der Waals surface area contributed by atoms with E-state index in [9.17, 15) is 23.6 Å². The standard InChI is InChI=1S/C29H27Cl2F2NO9/c1-38-22-8-6-18(10-25(22)39-2)41-27(35)12-28(36)42-24(11-19-20(30)13-34(37)14-21(19)31)17-5-7-23(43-29(32)33)26(9-17)40-15-16-3-4-16/h5-10,13-14,16,24,29H,3-4,11-12,15H2,1-2H3/t24-/m0/s1. The van der Waals surface area contributed by atoms with E-state index in [0.717, 1.165) is 25.2 Å². The van der Waals surface area contributed by atoms with E-state index in [-0.39, 0.29) is 45.9 Å². The van der Waals surface area contributed by atoms with Crippen LogP contribution in [0.5, 0.6) is 28.7 Å². The Bertz CT molecular complexity index is 1450. The summed E-state index contributed by atoms with van der Waals surface area (Å²) in [4.78, 5) is 25.5. The lowest BCUT2D eigenvalue weighted by Gasteiger charge is -2.21. The fraction of sp³-hybridized carbons (Fsp3) is 0.345. The van der Waals surface area contributed by atoms with Gasteiger partial charge in [-0.3, -0.25) is 9.59 Å². The summed E-state index contributed by atoms with van der Waals surface area (Å²) >= 11 is 12.5. The number of nitrogens with zero attached hydrogens (tertiary/aromatic N) is 1. The largest absolute Gasteiger partial charge is 0.619 e. The van der Waals surface area contributed by atoms with Gasteiger partial charge in [-0.15, -0.1) is 0 Å². The quantitative estimate of drug-likeness (QED) is 0.0701. The molecular weight excluding hydrogens is 615 g/mol. The average molecular weight is 642 g/mol. The van der Waals surface area contributed by atoms with E-state index < -0.39 is 31.1 Å². The summed E-state index contributed by atoms with van der Waals surface area (Å²) in [6.45, 7) is -2.81. The number of pyridine rings is 1. The molecule has 1 aliphatic rings. The molecule has 10 nitrogen and oxygen atoms in total. The minimum absolute atomic E-state index is 0.000674. The number of hydrogen-bond donors (Lipinski definition) is 0. The van der Waals surface area contributed by atoms with Crippen molar-refractivity contribution >= 4 is 35.1 Å². The molecule has 0 spiro atoms. The van der Waals surface area contributed by atoms with E-state index in [1.165, 1.54) is 50.6 Å². The number of carbonyl (C=O) groups is 2. The van der Waals surface area contributed by atoms with Gasteiger partial charge in [-0.25, -0.2) is 0 Å². The smallest absolute Gasteiger partial charge is 0.387 e. The number of carbonyl (C=O) groups excluding carboxylic acids is 2. The normalized spacial score (nSPS) is 13.3. The molecule has 2 aromatic carbocycles. The maximum atomic E-state index is 13.0. The van der Waals surface area contributed by atoms with Crippen molar-refractivity contribution in [2.75, 3.05) is 20.8 Å². The number of rotatable bonds is 14. The highest BCUT2D eigenvalue weighted by atomic mass is 35.5. The van der Waals surface area contributed by atoms with Crippen molar-refractivity contribution in [1.82, 2.24) is 0 Å². The van der Waals surface area contributed by atoms with Crippen LogP contribution in [0.2, 0.25) is 10.0 Å². The predicted octanol–water partition coefficient (Wildman–Crippen LogP) is 5.86. The number of aromatic nitrogens is 1. The van der Waals surface area contributed by atoms with Crippen molar-refractivity contribution in [1.29, 1.82) is 0 Å². The lowest BCUT2D eigenvalue weighted by molar-refractivity contribution is -0.605. The van der Waals surface area contributed by atoms with Crippen molar-refractivity contribution in [2.24, 2.45) is 5.92 Å². The molecule has 1 aliphatic carbocycles. The molecule has 1 atom stereocenters. The third-order valence-electron chi connectivity index (χ3n) is 6.32. The van der Waals surface area contributed by atoms with E-state index in [1.807, 2.05) is 0 Å². The molecule has 1 fully saturated rings. The fourth-order valence-corrected chi connectivity index (χ4v) is 4.63. The topological polar surface area (TPSA) is 116 Å². The first-order valence-electron chi connectivity index (χ1n) is 13.0. The van der Waals surface area contributed by atoms with Crippen LogP contribution in [0.4, 0.5) is 8.78 Å². The Morgan fingerprint density at radius 1 is 0.953 bits per heavy atom. The molecule has 230 valence electrons. The second kappa shape index (κ2) is 14.4. The Morgan fingerprint density at radius 2 is 1.63 bits per heavy atom. The monoisotopic (exact) mass is 641 g/mol. The first kappa shape index (κ1) is 31.9. The van der Waals surface area contributed by atoms with E-state index in [0.29, 0.717) is 27.7 Å². The Kier molecular flexibility index (Phi) is 10.7. The Balaban J connectivity index is 1.57. The van der Waals surface area contributed by atoms with Gasteiger partial charge in [-0.2, -0.15) is 13.5 Å². The summed E-state index contributed by atoms with van der Waals surface area (Å²) in [6.07, 6.45) is 2.01. The molecule has 0 radical (unpaired) electrons. The lowest BCUT2D eigenvalue weighted by Crippen LogP contribution is -2.26. The first-order chi connectivity index (χ1) is 20.6.